The molecule has 1 fully saturated rings. The molecule has 0 bridgehead atoms. The Kier molecular flexibility index (Phi) is 11.3. The van der Waals surface area contributed by atoms with Gasteiger partial charge in [-0.1, -0.05) is 49.6 Å². The summed E-state index contributed by atoms with van der Waals surface area (Å²) in [5.41, 5.74) is 3.18. The minimum atomic E-state index is -0.696. The maximum Gasteiger partial charge on any atom is 0.407 e. The number of benzene rings is 2. The molecular weight excluding hydrogens is 540 g/mol. The van der Waals surface area contributed by atoms with Crippen molar-refractivity contribution in [1.29, 1.82) is 0 Å². The number of amides is 1. The van der Waals surface area contributed by atoms with E-state index in [1.165, 1.54) is 31.4 Å². The lowest BCUT2D eigenvalue weighted by Gasteiger charge is -2.32. The van der Waals surface area contributed by atoms with Gasteiger partial charge in [0.25, 0.3) is 0 Å². The number of nitrogens with one attached hydrogen (secondary N) is 2. The van der Waals surface area contributed by atoms with Gasteiger partial charge < -0.3 is 19.9 Å². The molecule has 1 atom stereocenters. The molecule has 1 saturated carbocycles. The summed E-state index contributed by atoms with van der Waals surface area (Å²) >= 11 is 0. The highest BCUT2D eigenvalue weighted by molar-refractivity contribution is 8.32. The summed E-state index contributed by atoms with van der Waals surface area (Å²) in [5, 5.41) is 6.65. The molecule has 5 nitrogen and oxygen atoms in total. The fourth-order valence-corrected chi connectivity index (χ4v) is 6.11. The van der Waals surface area contributed by atoms with Gasteiger partial charge in [-0.05, 0) is 80.3 Å². The summed E-state index contributed by atoms with van der Waals surface area (Å²) in [6, 6.07) is 15.9. The van der Waals surface area contributed by atoms with E-state index in [-0.39, 0.29) is 17.7 Å². The third-order valence-corrected chi connectivity index (χ3v) is 9.11. The smallest absolute Gasteiger partial charge is 0.407 e. The molecule has 1 heterocycles. The molecule has 1 aromatic heterocycles. The van der Waals surface area contributed by atoms with Gasteiger partial charge in [0.15, 0.2) is 0 Å². The summed E-state index contributed by atoms with van der Waals surface area (Å²) in [7, 11) is -0.696. The van der Waals surface area contributed by atoms with Crippen LogP contribution in [0.1, 0.15) is 55.8 Å². The van der Waals surface area contributed by atoms with Crippen LogP contribution in [0.25, 0.3) is 11.1 Å². The van der Waals surface area contributed by atoms with E-state index in [0.29, 0.717) is 37.7 Å². The van der Waals surface area contributed by atoms with Crippen LogP contribution < -0.4 is 10.6 Å². The normalized spacial score (nSPS) is 15.4. The molecule has 2 aromatic carbocycles. The minimum absolute atomic E-state index is 0.0612. The summed E-state index contributed by atoms with van der Waals surface area (Å²) in [6.07, 6.45) is 14.8. The number of hydrogen-bond donors (Lipinski definition) is 2. The van der Waals surface area contributed by atoms with Crippen LogP contribution >= 0.6 is 10.0 Å². The average Bonchev–Trinajstić information content (AvgIpc) is 3.35. The Labute approximate surface area is 245 Å². The lowest BCUT2D eigenvalue weighted by atomic mass is 9.82. The number of carbonyl (C=O) groups is 1. The molecule has 0 unspecified atom stereocenters. The van der Waals surface area contributed by atoms with Gasteiger partial charge in [-0.3, -0.25) is 0 Å². The Hall–Kier alpha value is -2.84. The highest BCUT2D eigenvalue weighted by Crippen LogP contribution is 2.37. The second kappa shape index (κ2) is 14.9. The van der Waals surface area contributed by atoms with E-state index in [0.717, 1.165) is 42.3 Å². The first-order chi connectivity index (χ1) is 19.7. The third kappa shape index (κ3) is 9.60. The van der Waals surface area contributed by atoms with Crippen molar-refractivity contribution >= 4 is 16.1 Å². The van der Waals surface area contributed by atoms with E-state index in [1.807, 2.05) is 30.5 Å². The van der Waals surface area contributed by atoms with Crippen molar-refractivity contribution in [3.05, 3.63) is 83.7 Å². The van der Waals surface area contributed by atoms with Gasteiger partial charge >= 0.3 is 6.09 Å². The van der Waals surface area contributed by atoms with Crippen LogP contribution in [0.15, 0.2) is 60.8 Å². The van der Waals surface area contributed by atoms with Crippen LogP contribution in [0.3, 0.4) is 0 Å². The molecule has 1 aliphatic carbocycles. The lowest BCUT2D eigenvalue weighted by Crippen LogP contribution is -2.34. The molecule has 4 rings (SSSR count). The molecule has 1 aliphatic rings. The molecule has 0 radical (unpaired) electrons. The average molecular weight is 586 g/mol. The Balaban J connectivity index is 1.50. The maximum absolute atomic E-state index is 14.8. The van der Waals surface area contributed by atoms with Gasteiger partial charge in [0.2, 0.25) is 0 Å². The predicted molar refractivity (Wildman–Crippen MR) is 167 cm³/mol. The zero-order chi connectivity index (χ0) is 29.2. The maximum atomic E-state index is 14.8. The SMILES string of the molecule is CS(C)(C)CCOC(=O)NCCCN[C@@H](c1cc(-c2cc(F)ccc2F)cn1Cc1ccccc1)C1CCCCC1. The van der Waals surface area contributed by atoms with Crippen molar-refractivity contribution in [2.24, 2.45) is 5.92 Å². The molecule has 0 aliphatic heterocycles. The summed E-state index contributed by atoms with van der Waals surface area (Å²) in [6.45, 7) is 2.32. The van der Waals surface area contributed by atoms with Crippen molar-refractivity contribution in [3.63, 3.8) is 0 Å². The number of carbonyl (C=O) groups excluding carboxylic acids is 1. The van der Waals surface area contributed by atoms with Crippen LogP contribution in [0.4, 0.5) is 13.6 Å². The quantitative estimate of drug-likeness (QED) is 0.204. The number of ether oxygens (including phenoxy) is 1. The fourth-order valence-electron chi connectivity index (χ4n) is 5.53. The number of aromatic nitrogens is 1. The number of hydrogen-bond acceptors (Lipinski definition) is 3. The molecular formula is C33H45F2N3O2S. The molecule has 2 N–H and O–H groups in total. The first-order valence-corrected chi connectivity index (χ1v) is 17.7. The summed E-state index contributed by atoms with van der Waals surface area (Å²) < 4.78 is 36.5. The van der Waals surface area contributed by atoms with Gasteiger partial charge in [-0.2, -0.15) is 0 Å². The Morgan fingerprint density at radius 1 is 1.02 bits per heavy atom. The molecule has 0 spiro atoms. The third-order valence-electron chi connectivity index (χ3n) is 7.72. The zero-order valence-corrected chi connectivity index (χ0v) is 25.5. The first kappa shape index (κ1) is 31.1. The van der Waals surface area contributed by atoms with E-state index >= 15 is 0 Å². The van der Waals surface area contributed by atoms with Crippen LogP contribution in [0.2, 0.25) is 0 Å². The van der Waals surface area contributed by atoms with E-state index in [4.69, 9.17) is 4.74 Å². The molecule has 1 amide bonds. The van der Waals surface area contributed by atoms with Gasteiger partial charge in [-0.25, -0.2) is 23.6 Å². The van der Waals surface area contributed by atoms with E-state index in [1.54, 1.807) is 0 Å². The molecule has 41 heavy (non-hydrogen) atoms. The van der Waals surface area contributed by atoms with Gasteiger partial charge in [0.05, 0.1) is 6.04 Å². The topological polar surface area (TPSA) is 55.3 Å². The highest BCUT2D eigenvalue weighted by Gasteiger charge is 2.28. The van der Waals surface area contributed by atoms with Crippen molar-refractivity contribution < 1.29 is 18.3 Å². The van der Waals surface area contributed by atoms with Gasteiger partial charge in [-0.15, -0.1) is 0 Å². The van der Waals surface area contributed by atoms with Crippen molar-refractivity contribution in [3.8, 4) is 11.1 Å². The highest BCUT2D eigenvalue weighted by atomic mass is 32.3. The number of rotatable bonds is 13. The van der Waals surface area contributed by atoms with Crippen LogP contribution in [0.5, 0.6) is 0 Å². The standard InChI is InChI=1S/C33H45F2N3O2S/c1-41(2,3)20-19-40-33(39)37-18-10-17-36-32(26-13-8-5-9-14-26)31-21-27(29-22-28(34)15-16-30(29)35)24-38(31)23-25-11-6-4-7-12-25/h4,6-7,11-12,15-16,21-22,24,26,32,36H,5,8-10,13-14,17-20,23H2,1-3H3,(H,37,39)/t32-/m1/s1. The lowest BCUT2D eigenvalue weighted by molar-refractivity contribution is 0.153. The van der Waals surface area contributed by atoms with Crippen molar-refractivity contribution in [2.45, 2.75) is 51.1 Å². The predicted octanol–water partition coefficient (Wildman–Crippen LogP) is 7.50. The number of alkyl carbamates (subject to hydrolysis) is 1. The van der Waals surface area contributed by atoms with Crippen LogP contribution in [0, 0.1) is 17.6 Å². The first-order valence-electron chi connectivity index (χ1n) is 14.7. The molecule has 3 aromatic rings. The van der Waals surface area contributed by atoms with E-state index < -0.39 is 21.7 Å². The summed E-state index contributed by atoms with van der Waals surface area (Å²) in [5.74, 6) is 0.455. The van der Waals surface area contributed by atoms with Gasteiger partial charge in [0, 0.05) is 41.9 Å². The van der Waals surface area contributed by atoms with Gasteiger partial charge in [0.1, 0.15) is 18.2 Å². The van der Waals surface area contributed by atoms with E-state index in [9.17, 15) is 13.6 Å². The second-order valence-electron chi connectivity index (χ2n) is 11.9. The van der Waals surface area contributed by atoms with Crippen LogP contribution in [-0.4, -0.2) is 54.9 Å². The Bertz CT molecular complexity index is 1250. The van der Waals surface area contributed by atoms with Crippen LogP contribution in [-0.2, 0) is 11.3 Å². The zero-order valence-electron chi connectivity index (χ0n) is 24.6. The number of nitrogens with zero attached hydrogens (tertiary/aromatic N) is 1. The van der Waals surface area contributed by atoms with E-state index in [2.05, 4.69) is 46.1 Å². The molecule has 224 valence electrons. The molecule has 8 heteroatoms. The van der Waals surface area contributed by atoms with Crippen molar-refractivity contribution in [1.82, 2.24) is 15.2 Å². The number of halogens is 2. The second-order valence-corrected chi connectivity index (χ2v) is 16.5. The minimum Gasteiger partial charge on any atom is -0.449 e. The molecule has 0 saturated heterocycles. The summed E-state index contributed by atoms with van der Waals surface area (Å²) in [4.78, 5) is 12.1. The Morgan fingerprint density at radius 3 is 2.51 bits per heavy atom. The monoisotopic (exact) mass is 585 g/mol. The Morgan fingerprint density at radius 2 is 1.78 bits per heavy atom. The largest absolute Gasteiger partial charge is 0.449 e. The fraction of sp³-hybridized carbons (Fsp3) is 0.485. The van der Waals surface area contributed by atoms with Crippen molar-refractivity contribution in [2.75, 3.05) is 44.2 Å².